The van der Waals surface area contributed by atoms with Crippen molar-refractivity contribution in [3.8, 4) is 0 Å². The Morgan fingerprint density at radius 2 is 1.12 bits per heavy atom. The third kappa shape index (κ3) is 1.89. The van der Waals surface area contributed by atoms with Crippen LogP contribution in [0.2, 0.25) is 0 Å². The summed E-state index contributed by atoms with van der Waals surface area (Å²) in [5.74, 6) is 0.830. The van der Waals surface area contributed by atoms with Crippen molar-refractivity contribution in [2.24, 2.45) is 0 Å². The van der Waals surface area contributed by atoms with Crippen LogP contribution in [0.25, 0.3) is 0 Å². The van der Waals surface area contributed by atoms with E-state index < -0.39 is 7.22 Å². The van der Waals surface area contributed by atoms with Crippen LogP contribution in [-0.4, -0.2) is 0 Å². The minimum absolute atomic E-state index is 0.0553. The van der Waals surface area contributed by atoms with Gasteiger partial charge in [-0.2, -0.15) is 0 Å². The maximum atomic E-state index is 15.0. The Morgan fingerprint density at radius 1 is 0.765 bits per heavy atom. The van der Waals surface area contributed by atoms with E-state index in [1.807, 2.05) is 0 Å². The number of hydrogen-bond acceptors (Lipinski definition) is 0. The fourth-order valence-corrected chi connectivity index (χ4v) is 3.92. The summed E-state index contributed by atoms with van der Waals surface area (Å²) < 4.78 is 30.0. The molecule has 0 fully saturated rings. The van der Waals surface area contributed by atoms with Gasteiger partial charge in [-0.05, 0) is 0 Å². The summed E-state index contributed by atoms with van der Waals surface area (Å²) in [5.41, 5.74) is 0. The van der Waals surface area contributed by atoms with Gasteiger partial charge in [0, 0.05) is 0 Å². The normalized spacial score (nSPS) is 13.6. The van der Waals surface area contributed by atoms with Crippen LogP contribution >= 0.6 is 7.22 Å². The van der Waals surface area contributed by atoms with Gasteiger partial charge in [0.2, 0.25) is 0 Å². The number of halogens is 2. The minimum atomic E-state index is -5.19. The molecule has 0 aliphatic rings. The van der Waals surface area contributed by atoms with Gasteiger partial charge in [0.25, 0.3) is 0 Å². The van der Waals surface area contributed by atoms with Gasteiger partial charge in [-0.1, -0.05) is 0 Å². The zero-order chi connectivity index (χ0) is 12.4. The molecular formula is C14H13F2P. The van der Waals surface area contributed by atoms with Gasteiger partial charge < -0.3 is 0 Å². The Labute approximate surface area is 99.8 Å². The Balaban J connectivity index is 2.69. The second-order valence-electron chi connectivity index (χ2n) is 3.82. The van der Waals surface area contributed by atoms with Crippen molar-refractivity contribution in [2.75, 3.05) is 0 Å². The van der Waals surface area contributed by atoms with Crippen molar-refractivity contribution >= 4 is 17.8 Å². The third-order valence-corrected chi connectivity index (χ3v) is 5.91. The van der Waals surface area contributed by atoms with Gasteiger partial charge in [0.05, 0.1) is 0 Å². The Kier molecular flexibility index (Phi) is 2.84. The number of hydrogen-bond donors (Lipinski definition) is 0. The van der Waals surface area contributed by atoms with Gasteiger partial charge in [-0.15, -0.1) is 0 Å². The molecule has 0 aliphatic carbocycles. The average molecular weight is 250 g/mol. The van der Waals surface area contributed by atoms with Crippen LogP contribution in [0.1, 0.15) is 0 Å². The van der Waals surface area contributed by atoms with Crippen molar-refractivity contribution in [1.29, 1.82) is 0 Å². The van der Waals surface area contributed by atoms with Crippen molar-refractivity contribution in [3.63, 3.8) is 0 Å². The van der Waals surface area contributed by atoms with Crippen LogP contribution in [0.3, 0.4) is 0 Å². The van der Waals surface area contributed by atoms with Crippen LogP contribution < -0.4 is 10.6 Å². The molecule has 0 nitrogen and oxygen atoms in total. The molecule has 88 valence electrons. The van der Waals surface area contributed by atoms with Gasteiger partial charge >= 0.3 is 99.3 Å². The molecule has 2 aromatic rings. The first-order valence-corrected chi connectivity index (χ1v) is 7.36. The number of benzene rings is 2. The first-order chi connectivity index (χ1) is 8.07. The third-order valence-electron chi connectivity index (χ3n) is 2.78. The van der Waals surface area contributed by atoms with E-state index in [2.05, 4.69) is 6.58 Å². The molecule has 0 atom stereocenters. The molecule has 0 radical (unpaired) electrons. The van der Waals surface area contributed by atoms with Gasteiger partial charge in [0.15, 0.2) is 0 Å². The summed E-state index contributed by atoms with van der Waals surface area (Å²) in [6.07, 6.45) is 0. The summed E-state index contributed by atoms with van der Waals surface area (Å²) >= 11 is 0. The summed E-state index contributed by atoms with van der Waals surface area (Å²) in [6, 6.07) is 15.8. The predicted molar refractivity (Wildman–Crippen MR) is 71.5 cm³/mol. The Morgan fingerprint density at radius 3 is 1.41 bits per heavy atom. The molecule has 2 aromatic carbocycles. The van der Waals surface area contributed by atoms with Crippen molar-refractivity contribution in [2.45, 2.75) is 0 Å². The monoisotopic (exact) mass is 250 g/mol. The quantitative estimate of drug-likeness (QED) is 0.719. The van der Waals surface area contributed by atoms with E-state index in [0.717, 1.165) is 5.82 Å². The first kappa shape index (κ1) is 11.9. The summed E-state index contributed by atoms with van der Waals surface area (Å²) in [7, 11) is -5.19. The van der Waals surface area contributed by atoms with E-state index in [9.17, 15) is 0 Å². The van der Waals surface area contributed by atoms with E-state index in [1.165, 1.54) is 24.3 Å². The van der Waals surface area contributed by atoms with E-state index in [0.29, 0.717) is 0 Å². The average Bonchev–Trinajstić information content (AvgIpc) is 2.41. The van der Waals surface area contributed by atoms with Crippen molar-refractivity contribution in [1.82, 2.24) is 0 Å². The van der Waals surface area contributed by atoms with Crippen LogP contribution in [0.4, 0.5) is 8.39 Å². The molecule has 0 unspecified atom stereocenters. The second kappa shape index (κ2) is 4.05. The zero-order valence-electron chi connectivity index (χ0n) is 9.26. The van der Waals surface area contributed by atoms with Gasteiger partial charge in [0.1, 0.15) is 0 Å². The summed E-state index contributed by atoms with van der Waals surface area (Å²) in [4.78, 5) is 0. The standard InChI is InChI=1S/C14H13F2P/c1-2-17(15,16,13-9-5-3-6-10-13)14-11-7-4-8-12-14/h2-12H,1H2. The summed E-state index contributed by atoms with van der Waals surface area (Å²) in [5, 5.41) is 0.111. The molecule has 3 heteroatoms. The van der Waals surface area contributed by atoms with Gasteiger partial charge in [-0.25, -0.2) is 0 Å². The number of rotatable bonds is 3. The van der Waals surface area contributed by atoms with E-state index in [1.54, 1.807) is 36.4 Å². The zero-order valence-corrected chi connectivity index (χ0v) is 10.2. The second-order valence-corrected chi connectivity index (χ2v) is 7.15. The molecular weight excluding hydrogens is 237 g/mol. The predicted octanol–water partition coefficient (Wildman–Crippen LogP) is 4.10. The van der Waals surface area contributed by atoms with Gasteiger partial charge in [-0.3, -0.25) is 0 Å². The molecule has 2 rings (SSSR count). The fraction of sp³-hybridized carbons (Fsp3) is 0. The molecule has 0 aromatic heterocycles. The topological polar surface area (TPSA) is 0 Å². The van der Waals surface area contributed by atoms with Crippen molar-refractivity contribution in [3.05, 3.63) is 73.1 Å². The summed E-state index contributed by atoms with van der Waals surface area (Å²) in [6.45, 7) is 3.37. The van der Waals surface area contributed by atoms with Crippen LogP contribution in [0.15, 0.2) is 73.1 Å². The van der Waals surface area contributed by atoms with E-state index >= 15 is 8.39 Å². The molecule has 0 saturated carbocycles. The molecule has 0 bridgehead atoms. The molecule has 0 heterocycles. The fourth-order valence-electron chi connectivity index (χ4n) is 1.76. The molecule has 0 N–H and O–H groups in total. The van der Waals surface area contributed by atoms with Crippen LogP contribution in [0.5, 0.6) is 0 Å². The first-order valence-electron chi connectivity index (χ1n) is 5.27. The maximum absolute atomic E-state index is 15.0. The molecule has 17 heavy (non-hydrogen) atoms. The molecule has 0 spiro atoms. The molecule has 0 amide bonds. The Bertz CT molecular complexity index is 477. The SMILES string of the molecule is C=CP(F)(F)(c1ccccc1)c1ccccc1. The molecule has 0 saturated heterocycles. The van der Waals surface area contributed by atoms with Crippen LogP contribution in [-0.2, 0) is 0 Å². The van der Waals surface area contributed by atoms with E-state index in [4.69, 9.17) is 0 Å². The van der Waals surface area contributed by atoms with Crippen LogP contribution in [0, 0.1) is 0 Å². The molecule has 0 aliphatic heterocycles. The Hall–Kier alpha value is -1.53. The van der Waals surface area contributed by atoms with E-state index in [-0.39, 0.29) is 10.6 Å². The van der Waals surface area contributed by atoms with Crippen molar-refractivity contribution < 1.29 is 8.39 Å².